The van der Waals surface area contributed by atoms with Crippen LogP contribution in [0.25, 0.3) is 0 Å². The van der Waals surface area contributed by atoms with Gasteiger partial charge in [0.15, 0.2) is 0 Å². The van der Waals surface area contributed by atoms with E-state index in [2.05, 4.69) is 10.5 Å². The summed E-state index contributed by atoms with van der Waals surface area (Å²) < 4.78 is 39.2. The van der Waals surface area contributed by atoms with Gasteiger partial charge in [-0.25, -0.2) is 0 Å². The van der Waals surface area contributed by atoms with Gasteiger partial charge < -0.3 is 0 Å². The number of nitrogens with two attached hydrogens (primary N) is 1. The maximum absolute atomic E-state index is 12.5. The third kappa shape index (κ3) is 3.37. The monoisotopic (exact) mass is 284 g/mol. The van der Waals surface area contributed by atoms with Crippen molar-refractivity contribution in [1.82, 2.24) is 15.2 Å². The fourth-order valence-electron chi connectivity index (χ4n) is 1.99. The number of aromatic nitrogens is 2. The smallest absolute Gasteiger partial charge is 0.276 e. The highest BCUT2D eigenvalue weighted by Crippen LogP contribution is 2.30. The molecule has 2 aromatic rings. The minimum atomic E-state index is -4.33. The average Bonchev–Trinajstić information content (AvgIpc) is 2.81. The molecule has 0 amide bonds. The summed E-state index contributed by atoms with van der Waals surface area (Å²) in [6.45, 7) is 0. The molecule has 0 saturated heterocycles. The van der Waals surface area contributed by atoms with Crippen molar-refractivity contribution in [3.8, 4) is 0 Å². The Morgan fingerprint density at radius 2 is 1.95 bits per heavy atom. The van der Waals surface area contributed by atoms with Crippen molar-refractivity contribution >= 4 is 0 Å². The minimum Gasteiger partial charge on any atom is -0.276 e. The first kappa shape index (κ1) is 14.5. The Kier molecular flexibility index (Phi) is 4.10. The van der Waals surface area contributed by atoms with Crippen LogP contribution in [0, 0.1) is 0 Å². The molecule has 1 heterocycles. The molecule has 2 rings (SSSR count). The molecule has 0 radical (unpaired) electrons. The molecule has 108 valence electrons. The zero-order valence-corrected chi connectivity index (χ0v) is 10.9. The second-order valence-electron chi connectivity index (χ2n) is 4.57. The molecule has 20 heavy (non-hydrogen) atoms. The van der Waals surface area contributed by atoms with E-state index in [4.69, 9.17) is 5.84 Å². The maximum atomic E-state index is 12.5. The second-order valence-corrected chi connectivity index (χ2v) is 4.57. The summed E-state index contributed by atoms with van der Waals surface area (Å²) in [5.74, 6) is 5.48. The summed E-state index contributed by atoms with van der Waals surface area (Å²) in [5.41, 5.74) is 3.60. The van der Waals surface area contributed by atoms with Crippen molar-refractivity contribution < 1.29 is 13.2 Å². The van der Waals surface area contributed by atoms with E-state index in [0.29, 0.717) is 12.0 Å². The largest absolute Gasteiger partial charge is 0.416 e. The van der Waals surface area contributed by atoms with Crippen LogP contribution in [0.3, 0.4) is 0 Å². The lowest BCUT2D eigenvalue weighted by Crippen LogP contribution is -2.29. The second kappa shape index (κ2) is 5.64. The Hall–Kier alpha value is -1.86. The lowest BCUT2D eigenvalue weighted by molar-refractivity contribution is -0.137. The van der Waals surface area contributed by atoms with E-state index in [1.807, 2.05) is 6.20 Å². The van der Waals surface area contributed by atoms with Crippen molar-refractivity contribution in [3.05, 3.63) is 53.3 Å². The van der Waals surface area contributed by atoms with E-state index in [9.17, 15) is 13.2 Å². The van der Waals surface area contributed by atoms with Crippen LogP contribution in [-0.2, 0) is 19.6 Å². The number of alkyl halides is 3. The number of rotatable bonds is 4. The van der Waals surface area contributed by atoms with Crippen LogP contribution >= 0.6 is 0 Å². The van der Waals surface area contributed by atoms with Gasteiger partial charge in [-0.2, -0.15) is 18.3 Å². The number of hydrogen-bond donors (Lipinski definition) is 2. The number of nitrogens with zero attached hydrogens (tertiary/aromatic N) is 2. The molecule has 1 aromatic heterocycles. The zero-order chi connectivity index (χ0) is 14.8. The van der Waals surface area contributed by atoms with Crippen LogP contribution in [0.5, 0.6) is 0 Å². The van der Waals surface area contributed by atoms with E-state index >= 15 is 0 Å². The van der Waals surface area contributed by atoms with Crippen LogP contribution in [0.1, 0.15) is 22.7 Å². The van der Waals surface area contributed by atoms with Gasteiger partial charge >= 0.3 is 6.18 Å². The Labute approximate surface area is 114 Å². The van der Waals surface area contributed by atoms with Crippen LogP contribution in [0.15, 0.2) is 36.7 Å². The Balaban J connectivity index is 2.15. The fourth-order valence-corrected chi connectivity index (χ4v) is 1.99. The number of halogens is 3. The van der Waals surface area contributed by atoms with Crippen molar-refractivity contribution in [2.45, 2.75) is 18.6 Å². The molecular formula is C13H15F3N4. The molecule has 0 saturated carbocycles. The van der Waals surface area contributed by atoms with Gasteiger partial charge in [-0.1, -0.05) is 12.1 Å². The third-order valence-corrected chi connectivity index (χ3v) is 3.04. The lowest BCUT2D eigenvalue weighted by Gasteiger charge is -2.16. The van der Waals surface area contributed by atoms with Crippen LogP contribution in [0.2, 0.25) is 0 Å². The van der Waals surface area contributed by atoms with Crippen molar-refractivity contribution in [2.24, 2.45) is 12.9 Å². The molecule has 1 aromatic carbocycles. The van der Waals surface area contributed by atoms with Crippen LogP contribution in [-0.4, -0.2) is 9.78 Å². The Morgan fingerprint density at radius 3 is 2.40 bits per heavy atom. The highest BCUT2D eigenvalue weighted by atomic mass is 19.4. The predicted molar refractivity (Wildman–Crippen MR) is 68.4 cm³/mol. The number of hydrogen-bond acceptors (Lipinski definition) is 3. The molecule has 0 fully saturated rings. The average molecular weight is 284 g/mol. The van der Waals surface area contributed by atoms with Gasteiger partial charge in [-0.15, -0.1) is 0 Å². The number of aryl methyl sites for hydroxylation is 1. The summed E-state index contributed by atoms with van der Waals surface area (Å²) in [5, 5.41) is 4.04. The van der Waals surface area contributed by atoms with Crippen molar-refractivity contribution in [3.63, 3.8) is 0 Å². The molecular weight excluding hydrogens is 269 g/mol. The maximum Gasteiger partial charge on any atom is 0.416 e. The van der Waals surface area contributed by atoms with E-state index in [-0.39, 0.29) is 6.04 Å². The molecule has 0 aliphatic rings. The summed E-state index contributed by atoms with van der Waals surface area (Å²) in [7, 11) is 1.80. The molecule has 0 spiro atoms. The molecule has 7 heteroatoms. The standard InChI is InChI=1S/C13H15F3N4/c1-20-8-9(7-18-20)6-12(19-17)10-2-4-11(5-3-10)13(14,15)16/h2-5,7-8,12,19H,6,17H2,1H3. The number of nitrogens with one attached hydrogen (secondary N) is 1. The van der Waals surface area contributed by atoms with Gasteiger partial charge in [0.1, 0.15) is 0 Å². The van der Waals surface area contributed by atoms with Gasteiger partial charge in [0, 0.05) is 13.2 Å². The van der Waals surface area contributed by atoms with Gasteiger partial charge in [-0.05, 0) is 29.7 Å². The Morgan fingerprint density at radius 1 is 1.30 bits per heavy atom. The van der Waals surface area contributed by atoms with Gasteiger partial charge in [-0.3, -0.25) is 16.0 Å². The van der Waals surface area contributed by atoms with Crippen molar-refractivity contribution in [1.29, 1.82) is 0 Å². The first-order valence-electron chi connectivity index (χ1n) is 6.01. The van der Waals surface area contributed by atoms with Gasteiger partial charge in [0.25, 0.3) is 0 Å². The summed E-state index contributed by atoms with van der Waals surface area (Å²) in [6, 6.07) is 4.72. The first-order valence-corrected chi connectivity index (χ1v) is 6.01. The number of hydrazine groups is 1. The molecule has 0 aliphatic carbocycles. The summed E-state index contributed by atoms with van der Waals surface area (Å²) >= 11 is 0. The summed E-state index contributed by atoms with van der Waals surface area (Å²) in [4.78, 5) is 0. The fraction of sp³-hybridized carbons (Fsp3) is 0.308. The van der Waals surface area contributed by atoms with E-state index in [0.717, 1.165) is 17.7 Å². The normalized spacial score (nSPS) is 13.4. The quantitative estimate of drug-likeness (QED) is 0.668. The SMILES string of the molecule is Cn1cc(CC(NN)c2ccc(C(F)(F)F)cc2)cn1. The topological polar surface area (TPSA) is 55.9 Å². The van der Waals surface area contributed by atoms with E-state index < -0.39 is 11.7 Å². The van der Waals surface area contributed by atoms with Crippen molar-refractivity contribution in [2.75, 3.05) is 0 Å². The summed E-state index contributed by atoms with van der Waals surface area (Å²) in [6.07, 6.45) is -0.230. The third-order valence-electron chi connectivity index (χ3n) is 3.04. The van der Waals surface area contributed by atoms with Gasteiger partial charge in [0.2, 0.25) is 0 Å². The van der Waals surface area contributed by atoms with Crippen LogP contribution in [0.4, 0.5) is 13.2 Å². The van der Waals surface area contributed by atoms with E-state index in [1.54, 1.807) is 17.9 Å². The number of benzene rings is 1. The molecule has 4 nitrogen and oxygen atoms in total. The van der Waals surface area contributed by atoms with Crippen LogP contribution < -0.4 is 11.3 Å². The highest BCUT2D eigenvalue weighted by molar-refractivity contribution is 5.28. The zero-order valence-electron chi connectivity index (χ0n) is 10.9. The molecule has 1 unspecified atom stereocenters. The lowest BCUT2D eigenvalue weighted by atomic mass is 10.00. The first-order chi connectivity index (χ1) is 9.40. The molecule has 0 bridgehead atoms. The highest BCUT2D eigenvalue weighted by Gasteiger charge is 2.30. The minimum absolute atomic E-state index is 0.263. The molecule has 3 N–H and O–H groups in total. The Bertz CT molecular complexity index is 560. The van der Waals surface area contributed by atoms with E-state index in [1.165, 1.54) is 12.1 Å². The predicted octanol–water partition coefficient (Wildman–Crippen LogP) is 2.19. The molecule has 1 atom stereocenters. The molecule has 0 aliphatic heterocycles. The van der Waals surface area contributed by atoms with Gasteiger partial charge in [0.05, 0.1) is 17.8 Å².